The van der Waals surface area contributed by atoms with Gasteiger partial charge in [0.05, 0.1) is 43.0 Å². The van der Waals surface area contributed by atoms with Crippen molar-refractivity contribution >= 4 is 17.0 Å². The van der Waals surface area contributed by atoms with Crippen molar-refractivity contribution in [1.29, 1.82) is 0 Å². The zero-order valence-corrected chi connectivity index (χ0v) is 19.8. The molecule has 180 valence electrons. The molecule has 1 aliphatic heterocycles. The smallest absolute Gasteiger partial charge is 0.337 e. The molecule has 1 atom stereocenters. The van der Waals surface area contributed by atoms with Crippen molar-refractivity contribution in [3.8, 4) is 11.3 Å². The summed E-state index contributed by atoms with van der Waals surface area (Å²) in [5, 5.41) is 0. The number of imidazole rings is 1. The molecule has 0 aliphatic carbocycles. The molecule has 2 aromatic heterocycles. The van der Waals surface area contributed by atoms with Crippen LogP contribution < -0.4 is 5.56 Å². The average Bonchev–Trinajstić information content (AvgIpc) is 3.37. The summed E-state index contributed by atoms with van der Waals surface area (Å²) >= 11 is 0. The Bertz CT molecular complexity index is 1490. The van der Waals surface area contributed by atoms with Gasteiger partial charge in [-0.1, -0.05) is 32.0 Å². The summed E-state index contributed by atoms with van der Waals surface area (Å²) in [6.45, 7) is 5.34. The van der Waals surface area contributed by atoms with Crippen molar-refractivity contribution in [1.82, 2.24) is 14.5 Å². The third kappa shape index (κ3) is 4.25. The lowest BCUT2D eigenvalue weighted by atomic mass is 9.87. The Labute approximate surface area is 201 Å². The number of pyridine rings is 1. The summed E-state index contributed by atoms with van der Waals surface area (Å²) in [5.41, 5.74) is 3.13. The van der Waals surface area contributed by atoms with Gasteiger partial charge >= 0.3 is 5.97 Å². The highest BCUT2D eigenvalue weighted by Crippen LogP contribution is 2.40. The summed E-state index contributed by atoms with van der Waals surface area (Å²) in [6.07, 6.45) is 0.256. The predicted molar refractivity (Wildman–Crippen MR) is 130 cm³/mol. The molecule has 2 aromatic carbocycles. The fraction of sp³-hybridized carbons (Fsp3) is 0.296. The van der Waals surface area contributed by atoms with Gasteiger partial charge in [-0.25, -0.2) is 14.2 Å². The van der Waals surface area contributed by atoms with E-state index < -0.39 is 5.97 Å². The molecular weight excluding hydrogens is 449 g/mol. The summed E-state index contributed by atoms with van der Waals surface area (Å²) in [7, 11) is 1.35. The van der Waals surface area contributed by atoms with Crippen molar-refractivity contribution in [2.75, 3.05) is 20.3 Å². The monoisotopic (exact) mass is 475 g/mol. The quantitative estimate of drug-likeness (QED) is 0.430. The number of carbonyl (C=O) groups is 1. The van der Waals surface area contributed by atoms with Crippen LogP contribution in [0.1, 0.15) is 41.6 Å². The van der Waals surface area contributed by atoms with Gasteiger partial charge in [0.15, 0.2) is 0 Å². The molecule has 1 saturated heterocycles. The number of nitrogens with one attached hydrogen (secondary N) is 1. The van der Waals surface area contributed by atoms with Gasteiger partial charge in [0.1, 0.15) is 11.6 Å². The minimum Gasteiger partial charge on any atom is -0.465 e. The first-order valence-electron chi connectivity index (χ1n) is 11.4. The molecule has 1 unspecified atom stereocenters. The number of methoxy groups -OCH3 is 1. The summed E-state index contributed by atoms with van der Waals surface area (Å²) in [5.74, 6) is -0.128. The zero-order chi connectivity index (χ0) is 24.7. The van der Waals surface area contributed by atoms with Crippen LogP contribution in [0.3, 0.4) is 0 Å². The number of fused-ring (bicyclic) bond motifs is 1. The van der Waals surface area contributed by atoms with E-state index in [9.17, 15) is 9.59 Å². The van der Waals surface area contributed by atoms with Crippen LogP contribution >= 0.6 is 0 Å². The number of aromatic amines is 1. The van der Waals surface area contributed by atoms with E-state index in [4.69, 9.17) is 14.5 Å². The Balaban J connectivity index is 1.59. The van der Waals surface area contributed by atoms with Crippen LogP contribution in [0.5, 0.6) is 0 Å². The topological polar surface area (TPSA) is 86.2 Å². The number of benzene rings is 2. The molecule has 0 saturated carbocycles. The molecule has 4 aromatic rings. The van der Waals surface area contributed by atoms with E-state index in [0.717, 1.165) is 5.52 Å². The maximum Gasteiger partial charge on any atom is 0.337 e. The minimum absolute atomic E-state index is 0.0351. The molecule has 0 amide bonds. The number of ether oxygens (including phenoxy) is 2. The minimum atomic E-state index is -0.427. The Kier molecular flexibility index (Phi) is 5.76. The number of rotatable bonds is 5. The fourth-order valence-corrected chi connectivity index (χ4v) is 4.68. The number of aromatic nitrogens is 3. The molecule has 0 bridgehead atoms. The lowest BCUT2D eigenvalue weighted by Gasteiger charge is -2.28. The summed E-state index contributed by atoms with van der Waals surface area (Å²) < 4.78 is 28.0. The first-order chi connectivity index (χ1) is 16.8. The van der Waals surface area contributed by atoms with Crippen molar-refractivity contribution < 1.29 is 18.7 Å². The molecule has 1 fully saturated rings. The lowest BCUT2D eigenvalue weighted by molar-refractivity contribution is 0.0601. The van der Waals surface area contributed by atoms with Crippen molar-refractivity contribution in [3.05, 3.63) is 87.7 Å². The van der Waals surface area contributed by atoms with Gasteiger partial charge in [-0.05, 0) is 35.9 Å². The molecule has 5 rings (SSSR count). The second kappa shape index (κ2) is 8.78. The molecule has 8 heteroatoms. The number of halogens is 1. The first kappa shape index (κ1) is 23.0. The van der Waals surface area contributed by atoms with E-state index in [0.29, 0.717) is 46.9 Å². The number of nitrogens with zero attached hydrogens (tertiary/aromatic N) is 2. The van der Waals surface area contributed by atoms with Crippen LogP contribution in [0.25, 0.3) is 22.3 Å². The highest BCUT2D eigenvalue weighted by atomic mass is 19.1. The van der Waals surface area contributed by atoms with E-state index in [1.54, 1.807) is 42.5 Å². The molecule has 35 heavy (non-hydrogen) atoms. The van der Waals surface area contributed by atoms with E-state index in [1.807, 2.05) is 0 Å². The van der Waals surface area contributed by atoms with Gasteiger partial charge < -0.3 is 19.0 Å². The molecule has 1 N–H and O–H groups in total. The molecular formula is C27H26FN3O4. The molecule has 0 spiro atoms. The average molecular weight is 476 g/mol. The van der Waals surface area contributed by atoms with Crippen molar-refractivity contribution in [2.24, 2.45) is 5.41 Å². The highest BCUT2D eigenvalue weighted by Gasteiger charge is 2.39. The van der Waals surface area contributed by atoms with Gasteiger partial charge in [0.25, 0.3) is 0 Å². The fourth-order valence-electron chi connectivity index (χ4n) is 4.68. The number of hydrogen-bond donors (Lipinski definition) is 1. The molecule has 1 aliphatic rings. The first-order valence-corrected chi connectivity index (χ1v) is 11.4. The number of esters is 1. The maximum absolute atomic E-state index is 15.2. The normalized spacial score (nSPS) is 17.1. The van der Waals surface area contributed by atoms with Crippen LogP contribution in [0, 0.1) is 11.2 Å². The van der Waals surface area contributed by atoms with Gasteiger partial charge in [-0.15, -0.1) is 0 Å². The largest absolute Gasteiger partial charge is 0.465 e. The number of H-pyrrole nitrogens is 1. The van der Waals surface area contributed by atoms with Gasteiger partial charge in [0, 0.05) is 29.2 Å². The van der Waals surface area contributed by atoms with Crippen molar-refractivity contribution in [3.63, 3.8) is 0 Å². The standard InChI is InChI=1S/C27H26FN3O4/c1-27(2)15-35-14-23(27)31-22-12-18(26(33)34-3)9-10-21(22)29-24(31)13-16-7-8-17(11-19(16)28)20-5-4-6-25(32)30-20/h4-12,23H,13-15H2,1-3H3,(H,30,32). The Morgan fingerprint density at radius 2 is 2.06 bits per heavy atom. The predicted octanol–water partition coefficient (Wildman–Crippen LogP) is 4.51. The number of carbonyl (C=O) groups excluding carboxylic acids is 1. The van der Waals surface area contributed by atoms with Crippen molar-refractivity contribution in [2.45, 2.75) is 26.3 Å². The van der Waals surface area contributed by atoms with E-state index >= 15 is 4.39 Å². The summed E-state index contributed by atoms with van der Waals surface area (Å²) in [4.78, 5) is 31.4. The SMILES string of the molecule is COC(=O)c1ccc2nc(Cc3ccc(-c4cccc(=O)[nH]4)cc3F)n(C3COCC3(C)C)c2c1. The van der Waals surface area contributed by atoms with Crippen LogP contribution in [-0.2, 0) is 15.9 Å². The number of hydrogen-bond acceptors (Lipinski definition) is 5. The molecule has 0 radical (unpaired) electrons. The lowest BCUT2D eigenvalue weighted by Crippen LogP contribution is -2.27. The van der Waals surface area contributed by atoms with Gasteiger partial charge in [0.2, 0.25) is 5.56 Å². The van der Waals surface area contributed by atoms with Crippen LogP contribution in [0.2, 0.25) is 0 Å². The van der Waals surface area contributed by atoms with Crippen LogP contribution in [0.15, 0.2) is 59.4 Å². The molecule has 3 heterocycles. The second-order valence-electron chi connectivity index (χ2n) is 9.52. The zero-order valence-electron chi connectivity index (χ0n) is 19.8. The van der Waals surface area contributed by atoms with Gasteiger partial charge in [-0.2, -0.15) is 0 Å². The highest BCUT2D eigenvalue weighted by molar-refractivity contribution is 5.93. The second-order valence-corrected chi connectivity index (χ2v) is 9.52. The Morgan fingerprint density at radius 3 is 2.74 bits per heavy atom. The summed E-state index contributed by atoms with van der Waals surface area (Å²) in [6, 6.07) is 14.9. The maximum atomic E-state index is 15.2. The van der Waals surface area contributed by atoms with Gasteiger partial charge in [-0.3, -0.25) is 4.79 Å². The Morgan fingerprint density at radius 1 is 1.23 bits per heavy atom. The van der Waals surface area contributed by atoms with Crippen LogP contribution in [-0.4, -0.2) is 40.8 Å². The Hall–Kier alpha value is -3.78. The third-order valence-corrected chi connectivity index (χ3v) is 6.63. The van der Waals surface area contributed by atoms with E-state index in [1.165, 1.54) is 19.2 Å². The molecule has 7 nitrogen and oxygen atoms in total. The van der Waals surface area contributed by atoms with E-state index in [-0.39, 0.29) is 29.3 Å². The third-order valence-electron chi connectivity index (χ3n) is 6.63. The van der Waals surface area contributed by atoms with Crippen LogP contribution in [0.4, 0.5) is 4.39 Å². The van der Waals surface area contributed by atoms with E-state index in [2.05, 4.69) is 23.4 Å².